The summed E-state index contributed by atoms with van der Waals surface area (Å²) in [5.41, 5.74) is 4.86. The van der Waals surface area contributed by atoms with Gasteiger partial charge in [-0.3, -0.25) is 4.79 Å². The molecule has 0 aliphatic rings. The molecule has 266 valence electrons. The number of carbonyl (C=O) groups excluding carboxylic acids is 2. The van der Waals surface area contributed by atoms with Crippen LogP contribution in [0, 0.1) is 0 Å². The van der Waals surface area contributed by atoms with Gasteiger partial charge in [0.25, 0.3) is 0 Å². The molecule has 54 heavy (non-hydrogen) atoms. The molecule has 5 aromatic carbocycles. The van der Waals surface area contributed by atoms with Gasteiger partial charge in [0.15, 0.2) is 28.5 Å². The van der Waals surface area contributed by atoms with Gasteiger partial charge in [-0.2, -0.15) is 0 Å². The zero-order chi connectivity index (χ0) is 37.2. The number of tetrazole rings is 1. The smallest absolute Gasteiger partial charge is 0.358 e. The van der Waals surface area contributed by atoms with E-state index in [9.17, 15) is 9.59 Å². The van der Waals surface area contributed by atoms with Gasteiger partial charge in [0, 0.05) is 16.5 Å². The van der Waals surface area contributed by atoms with E-state index in [1.165, 1.54) is 4.57 Å². The third-order valence-electron chi connectivity index (χ3n) is 9.26. The van der Waals surface area contributed by atoms with Gasteiger partial charge >= 0.3 is 5.97 Å². The molecule has 0 radical (unpaired) electrons. The number of ether oxygens (including phenoxy) is 1. The highest BCUT2D eigenvalue weighted by Gasteiger charge is 2.41. The molecule has 0 N–H and O–H groups in total. The van der Waals surface area contributed by atoms with Gasteiger partial charge in [0.1, 0.15) is 11.3 Å². The lowest BCUT2D eigenvalue weighted by Gasteiger charge is -2.34. The van der Waals surface area contributed by atoms with E-state index in [4.69, 9.17) is 31.1 Å². The molecule has 0 aliphatic heterocycles. The van der Waals surface area contributed by atoms with E-state index in [0.717, 1.165) is 38.8 Å². The summed E-state index contributed by atoms with van der Waals surface area (Å²) in [6, 6.07) is 43.9. The molecule has 0 bridgehead atoms. The predicted molar refractivity (Wildman–Crippen MR) is 208 cm³/mol. The predicted octanol–water partition coefficient (Wildman–Crippen LogP) is 9.24. The molecule has 0 aliphatic carbocycles. The first kappa shape index (κ1) is 34.9. The van der Waals surface area contributed by atoms with Crippen molar-refractivity contribution in [1.29, 1.82) is 0 Å². The number of rotatable bonds is 11. The lowest BCUT2D eigenvalue weighted by Crippen LogP contribution is -2.39. The topological polar surface area (TPSA) is 118 Å². The Kier molecular flexibility index (Phi) is 9.49. The average Bonchev–Trinajstić information content (AvgIpc) is 3.92. The molecule has 0 atom stereocenters. The molecule has 0 amide bonds. The van der Waals surface area contributed by atoms with Crippen LogP contribution in [0.2, 0.25) is 5.15 Å². The second-order valence-corrected chi connectivity index (χ2v) is 13.5. The van der Waals surface area contributed by atoms with E-state index < -0.39 is 11.5 Å². The lowest BCUT2D eigenvalue weighted by atomic mass is 9.77. The van der Waals surface area contributed by atoms with E-state index in [-0.39, 0.29) is 29.8 Å². The summed E-state index contributed by atoms with van der Waals surface area (Å²) in [5.74, 6) is 0.337. The number of aromatic nitrogens is 6. The molecule has 12 heteroatoms. The molecule has 0 fully saturated rings. The van der Waals surface area contributed by atoms with Crippen LogP contribution in [0.5, 0.6) is 0 Å². The van der Waals surface area contributed by atoms with Crippen LogP contribution in [0.1, 0.15) is 50.3 Å². The maximum absolute atomic E-state index is 12.7. The summed E-state index contributed by atoms with van der Waals surface area (Å²) >= 11 is 10.1. The van der Waals surface area contributed by atoms with E-state index in [1.54, 1.807) is 11.7 Å². The Morgan fingerprint density at radius 1 is 0.852 bits per heavy atom. The zero-order valence-electron chi connectivity index (χ0n) is 28.8. The van der Waals surface area contributed by atoms with Gasteiger partial charge < -0.3 is 13.7 Å². The summed E-state index contributed by atoms with van der Waals surface area (Å²) in [7, 11) is 0. The van der Waals surface area contributed by atoms with Crippen molar-refractivity contribution in [2.45, 2.75) is 19.0 Å². The van der Waals surface area contributed by atoms with Crippen LogP contribution in [0.3, 0.4) is 0 Å². The molecular formula is C42H30BrClN6O4. The summed E-state index contributed by atoms with van der Waals surface area (Å²) in [4.78, 5) is 30.4. The molecule has 10 nitrogen and oxygen atoms in total. The quantitative estimate of drug-likeness (QED) is 0.0723. The lowest BCUT2D eigenvalue weighted by molar-refractivity contribution is 0.0514. The fourth-order valence-corrected chi connectivity index (χ4v) is 7.75. The minimum absolute atomic E-state index is 0.0120. The molecule has 0 saturated heterocycles. The number of benzene rings is 5. The van der Waals surface area contributed by atoms with Crippen molar-refractivity contribution >= 4 is 50.8 Å². The minimum atomic E-state index is -0.934. The van der Waals surface area contributed by atoms with Crippen molar-refractivity contribution in [3.05, 3.63) is 177 Å². The Balaban J connectivity index is 1.22. The number of imidazole rings is 1. The second-order valence-electron chi connectivity index (χ2n) is 12.4. The Morgan fingerprint density at radius 2 is 1.44 bits per heavy atom. The van der Waals surface area contributed by atoms with Crippen LogP contribution in [-0.2, 0) is 16.8 Å². The largest absolute Gasteiger partial charge is 0.461 e. The van der Waals surface area contributed by atoms with Crippen LogP contribution in [-0.4, -0.2) is 48.6 Å². The third kappa shape index (κ3) is 6.01. The summed E-state index contributed by atoms with van der Waals surface area (Å²) < 4.78 is 13.8. The van der Waals surface area contributed by atoms with E-state index in [1.807, 2.05) is 97.1 Å². The number of hydrogen-bond donors (Lipinski definition) is 0. The maximum Gasteiger partial charge on any atom is 0.358 e. The van der Waals surface area contributed by atoms with Gasteiger partial charge in [-0.05, 0) is 62.5 Å². The number of fused-ring (bicyclic) bond motifs is 1. The summed E-state index contributed by atoms with van der Waals surface area (Å²) in [6.45, 7) is 1.98. The number of hydrogen-bond acceptors (Lipinski definition) is 8. The van der Waals surface area contributed by atoms with Crippen molar-refractivity contribution < 1.29 is 18.7 Å². The first-order valence-corrected chi connectivity index (χ1v) is 18.3. The van der Waals surface area contributed by atoms with Gasteiger partial charge in [-0.25, -0.2) is 9.78 Å². The number of furan rings is 1. The number of halogens is 2. The summed E-state index contributed by atoms with van der Waals surface area (Å²) in [5, 5.41) is 15.2. The minimum Gasteiger partial charge on any atom is -0.461 e. The Labute approximate surface area is 323 Å². The standard InChI is InChI=1S/C42H30BrClN6O4/c1-2-53-41(52)37-39(44)45-35(26-51)49(37)25-27-22-23-34-33(24-27)36(43)38(54-34)31-20-12-13-21-32(31)40-46-48-50(47-40)42(28-14-6-3-7-15-28,29-16-8-4-9-17-29)30-18-10-5-11-19-30/h3-24,26H,2,25H2,1H3. The summed E-state index contributed by atoms with van der Waals surface area (Å²) in [6.07, 6.45) is 0.559. The highest BCUT2D eigenvalue weighted by molar-refractivity contribution is 9.10. The number of esters is 1. The van der Waals surface area contributed by atoms with E-state index in [2.05, 4.69) is 62.4 Å². The normalized spacial score (nSPS) is 11.5. The van der Waals surface area contributed by atoms with Crippen molar-refractivity contribution in [2.24, 2.45) is 0 Å². The van der Waals surface area contributed by atoms with Gasteiger partial charge in [0.2, 0.25) is 5.82 Å². The molecule has 3 aromatic heterocycles. The highest BCUT2D eigenvalue weighted by atomic mass is 79.9. The molecule has 3 heterocycles. The highest BCUT2D eigenvalue weighted by Crippen LogP contribution is 2.43. The number of nitrogens with zero attached hydrogens (tertiary/aromatic N) is 6. The fourth-order valence-electron chi connectivity index (χ4n) is 6.88. The van der Waals surface area contributed by atoms with E-state index >= 15 is 0 Å². The van der Waals surface area contributed by atoms with Crippen molar-refractivity contribution in [3.63, 3.8) is 0 Å². The zero-order valence-corrected chi connectivity index (χ0v) is 31.1. The Morgan fingerprint density at radius 3 is 2.04 bits per heavy atom. The van der Waals surface area contributed by atoms with Crippen LogP contribution in [0.4, 0.5) is 0 Å². The average molecular weight is 798 g/mol. The third-order valence-corrected chi connectivity index (χ3v) is 10.3. The molecular weight excluding hydrogens is 768 g/mol. The van der Waals surface area contributed by atoms with Gasteiger partial charge in [0.05, 0.1) is 17.6 Å². The van der Waals surface area contributed by atoms with Gasteiger partial charge in [-0.1, -0.05) is 133 Å². The fraction of sp³-hybridized carbons (Fsp3) is 0.0952. The van der Waals surface area contributed by atoms with Crippen LogP contribution in [0.15, 0.2) is 142 Å². The first-order valence-electron chi connectivity index (χ1n) is 17.1. The van der Waals surface area contributed by atoms with Gasteiger partial charge in [-0.15, -0.1) is 15.0 Å². The SMILES string of the molecule is CCOC(=O)c1c(Cl)nc(C=O)n1Cc1ccc2oc(-c3ccccc3-c3nnn(C(c4ccccc4)(c4ccccc4)c4ccccc4)n3)c(Br)c2c1. The molecule has 0 spiro atoms. The monoisotopic (exact) mass is 796 g/mol. The molecule has 0 unspecified atom stereocenters. The molecule has 8 rings (SSSR count). The van der Waals surface area contributed by atoms with Crippen molar-refractivity contribution in [1.82, 2.24) is 29.8 Å². The molecule has 0 saturated carbocycles. The van der Waals surface area contributed by atoms with Crippen LogP contribution >= 0.6 is 27.5 Å². The first-order chi connectivity index (χ1) is 26.4. The maximum atomic E-state index is 12.7. The van der Waals surface area contributed by atoms with E-state index in [0.29, 0.717) is 27.9 Å². The number of carbonyl (C=O) groups is 2. The van der Waals surface area contributed by atoms with Crippen molar-refractivity contribution in [3.8, 4) is 22.7 Å². The Hall–Kier alpha value is -6.17. The Bertz CT molecular complexity index is 2530. The van der Waals surface area contributed by atoms with Crippen molar-refractivity contribution in [2.75, 3.05) is 6.61 Å². The van der Waals surface area contributed by atoms with Crippen LogP contribution in [0.25, 0.3) is 33.7 Å². The number of aldehydes is 1. The molecule has 8 aromatic rings. The van der Waals surface area contributed by atoms with Crippen LogP contribution < -0.4 is 0 Å². The second kappa shape index (κ2) is 14.7.